The van der Waals surface area contributed by atoms with Crippen molar-refractivity contribution < 1.29 is 0 Å². The lowest BCUT2D eigenvalue weighted by atomic mass is 10.3. The van der Waals surface area contributed by atoms with Gasteiger partial charge in [0.1, 0.15) is 0 Å². The summed E-state index contributed by atoms with van der Waals surface area (Å²) in [5.41, 5.74) is 13.0. The average Bonchev–Trinajstić information content (AvgIpc) is 2.62. The summed E-state index contributed by atoms with van der Waals surface area (Å²) in [7, 11) is 0. The Balaban J connectivity index is 2.25. The van der Waals surface area contributed by atoms with Crippen molar-refractivity contribution in [2.45, 2.75) is 0 Å². The highest BCUT2D eigenvalue weighted by Crippen LogP contribution is 2.12. The maximum atomic E-state index is 3.40. The quantitative estimate of drug-likeness (QED) is 0.622. The molecule has 0 amide bonds. The summed E-state index contributed by atoms with van der Waals surface area (Å²) in [6.07, 6.45) is 3.13. The molecule has 2 heteroatoms. The van der Waals surface area contributed by atoms with Gasteiger partial charge in [-0.25, -0.2) is 0 Å². The van der Waals surface area contributed by atoms with Gasteiger partial charge in [-0.3, -0.25) is 0 Å². The van der Waals surface area contributed by atoms with Crippen LogP contribution in [0.5, 0.6) is 0 Å². The number of anilines is 2. The molecule has 24 heavy (non-hydrogen) atoms. The second-order valence-electron chi connectivity index (χ2n) is 4.52. The van der Waals surface area contributed by atoms with E-state index < -0.39 is 0 Å². The number of allylic oxidation sites excluding steroid dienone is 2. The monoisotopic (exact) mass is 308 g/mol. The van der Waals surface area contributed by atoms with Crippen LogP contribution in [-0.2, 0) is 0 Å². The van der Waals surface area contributed by atoms with Gasteiger partial charge < -0.3 is 10.6 Å². The van der Waals surface area contributed by atoms with Crippen molar-refractivity contribution in [2.75, 3.05) is 10.6 Å². The molecule has 0 spiro atoms. The molecule has 0 aliphatic carbocycles. The van der Waals surface area contributed by atoms with Gasteiger partial charge in [0, 0.05) is 23.5 Å². The van der Waals surface area contributed by atoms with Crippen LogP contribution in [0.15, 0.2) is 108 Å². The number of hydrogen-bond donors (Lipinski definition) is 2. The van der Waals surface area contributed by atoms with E-state index >= 15 is 0 Å². The highest BCUT2D eigenvalue weighted by atomic mass is 15.1. The van der Waals surface area contributed by atoms with Crippen molar-refractivity contribution >= 4 is 11.4 Å². The topological polar surface area (TPSA) is 24.1 Å². The second-order valence-corrected chi connectivity index (χ2v) is 4.52. The number of nitrogens with one attached hydrogen (secondary N) is 2. The van der Waals surface area contributed by atoms with E-state index in [1.165, 1.54) is 0 Å². The van der Waals surface area contributed by atoms with Gasteiger partial charge in [0.15, 0.2) is 5.82 Å². The first-order valence-electron chi connectivity index (χ1n) is 7.33. The molecule has 0 aliphatic rings. The Morgan fingerprint density at radius 2 is 1.25 bits per heavy atom. The van der Waals surface area contributed by atoms with E-state index in [9.17, 15) is 0 Å². The number of hydrogen-bond acceptors (Lipinski definition) is 2. The summed E-state index contributed by atoms with van der Waals surface area (Å²) in [6.45, 7) is 3.40. The van der Waals surface area contributed by atoms with Crippen molar-refractivity contribution in [1.82, 2.24) is 0 Å². The zero-order valence-electron chi connectivity index (χ0n) is 13.1. The molecule has 0 unspecified atom stereocenters. The van der Waals surface area contributed by atoms with Crippen molar-refractivity contribution in [2.24, 2.45) is 0 Å². The number of para-hydroxylation sites is 2. The maximum absolute atomic E-state index is 3.40. The fourth-order valence-corrected chi connectivity index (χ4v) is 1.74. The molecule has 2 nitrogen and oxygen atoms in total. The highest BCUT2D eigenvalue weighted by molar-refractivity contribution is 5.55. The Labute approximate surface area is 142 Å². The van der Waals surface area contributed by atoms with Gasteiger partial charge in [0.05, 0.1) is 0 Å². The van der Waals surface area contributed by atoms with E-state index in [4.69, 9.17) is 0 Å². The molecule has 0 bridgehead atoms. The zero-order chi connectivity index (χ0) is 16.9. The lowest BCUT2D eigenvalue weighted by Gasteiger charge is -2.10. The van der Waals surface area contributed by atoms with Crippen LogP contribution < -0.4 is 10.6 Å². The van der Waals surface area contributed by atoms with Gasteiger partial charge in [-0.2, -0.15) is 0 Å². The molecule has 2 rings (SSSR count). The van der Waals surface area contributed by atoms with Crippen molar-refractivity contribution in [1.29, 1.82) is 0 Å². The van der Waals surface area contributed by atoms with Gasteiger partial charge in [0.2, 0.25) is 0 Å². The van der Waals surface area contributed by atoms with Gasteiger partial charge in [-0.05, 0) is 36.6 Å². The minimum atomic E-state index is 0.673. The SMILES string of the molecule is C=C=C=CC#CC=C=C=C(Nc1ccccc1)Nc1ccccc1. The van der Waals surface area contributed by atoms with E-state index in [1.54, 1.807) is 12.2 Å². The van der Waals surface area contributed by atoms with Crippen LogP contribution in [0.1, 0.15) is 0 Å². The van der Waals surface area contributed by atoms with Gasteiger partial charge in [-0.15, -0.1) is 0 Å². The molecule has 2 N–H and O–H groups in total. The maximum Gasteiger partial charge on any atom is 0.161 e. The molecule has 114 valence electrons. The van der Waals surface area contributed by atoms with Crippen LogP contribution >= 0.6 is 0 Å². The molecule has 0 fully saturated rings. The van der Waals surface area contributed by atoms with Crippen LogP contribution in [0.3, 0.4) is 0 Å². The summed E-state index contributed by atoms with van der Waals surface area (Å²) in [4.78, 5) is 0. The van der Waals surface area contributed by atoms with Crippen LogP contribution in [0.2, 0.25) is 0 Å². The molecule has 0 aromatic heterocycles. The Hall–Kier alpha value is -3.80. The fraction of sp³-hybridized carbons (Fsp3) is 0. The molecule has 0 heterocycles. The van der Waals surface area contributed by atoms with E-state index in [-0.39, 0.29) is 0 Å². The summed E-state index contributed by atoms with van der Waals surface area (Å²) >= 11 is 0. The number of rotatable bonds is 4. The third-order valence-electron chi connectivity index (χ3n) is 2.76. The fourth-order valence-electron chi connectivity index (χ4n) is 1.74. The Morgan fingerprint density at radius 3 is 1.75 bits per heavy atom. The second kappa shape index (κ2) is 10.0. The van der Waals surface area contributed by atoms with Crippen molar-refractivity contribution in [3.8, 4) is 11.8 Å². The van der Waals surface area contributed by atoms with Gasteiger partial charge in [-0.1, -0.05) is 65.4 Å². The Morgan fingerprint density at radius 1 is 0.750 bits per heavy atom. The third kappa shape index (κ3) is 6.31. The highest BCUT2D eigenvalue weighted by Gasteiger charge is 1.97. The molecule has 2 aromatic carbocycles. The first kappa shape index (κ1) is 16.6. The van der Waals surface area contributed by atoms with Crippen LogP contribution in [-0.4, -0.2) is 0 Å². The molecule has 0 saturated heterocycles. The minimum absolute atomic E-state index is 0.673. The molecule has 0 radical (unpaired) electrons. The average molecular weight is 308 g/mol. The summed E-state index contributed by atoms with van der Waals surface area (Å²) < 4.78 is 0. The minimum Gasteiger partial charge on any atom is -0.335 e. The summed E-state index contributed by atoms with van der Waals surface area (Å²) in [5.74, 6) is 6.24. The van der Waals surface area contributed by atoms with E-state index in [0.717, 1.165) is 11.4 Å². The Kier molecular flexibility index (Phi) is 6.91. The lowest BCUT2D eigenvalue weighted by Crippen LogP contribution is -2.08. The van der Waals surface area contributed by atoms with Crippen molar-refractivity contribution in [3.05, 3.63) is 108 Å². The first-order valence-corrected chi connectivity index (χ1v) is 7.33. The molecule has 0 aliphatic heterocycles. The van der Waals surface area contributed by atoms with E-state index in [2.05, 4.69) is 52.0 Å². The van der Waals surface area contributed by atoms with Crippen LogP contribution in [0.4, 0.5) is 11.4 Å². The van der Waals surface area contributed by atoms with E-state index in [1.807, 2.05) is 60.7 Å². The van der Waals surface area contributed by atoms with Crippen molar-refractivity contribution in [3.63, 3.8) is 0 Å². The molecule has 0 atom stereocenters. The van der Waals surface area contributed by atoms with Gasteiger partial charge >= 0.3 is 0 Å². The standard InChI is InChI=1S/C22H16N2/c1-2-3-4-5-6-7-14-19-22(23-20-15-10-8-11-16-20)24-21-17-12-9-13-18-21/h4,7-13,15-18,23-24H,1H2. The molecule has 2 aromatic rings. The largest absolute Gasteiger partial charge is 0.335 e. The number of benzene rings is 2. The summed E-state index contributed by atoms with van der Waals surface area (Å²) in [6, 6.07) is 19.7. The lowest BCUT2D eigenvalue weighted by molar-refractivity contribution is 1.37. The third-order valence-corrected chi connectivity index (χ3v) is 2.76. The van der Waals surface area contributed by atoms with E-state index in [0.29, 0.717) is 5.82 Å². The normalized spacial score (nSPS) is 8.00. The van der Waals surface area contributed by atoms with Crippen LogP contribution in [0, 0.1) is 11.8 Å². The molecular formula is C22H16N2. The zero-order valence-corrected chi connectivity index (χ0v) is 13.1. The molecular weight excluding hydrogens is 292 g/mol. The predicted molar refractivity (Wildman–Crippen MR) is 100 cm³/mol. The first-order chi connectivity index (χ1) is 11.9. The Bertz CT molecular complexity index is 859. The van der Waals surface area contributed by atoms with Crippen LogP contribution in [0.25, 0.3) is 0 Å². The predicted octanol–water partition coefficient (Wildman–Crippen LogP) is 4.86. The molecule has 0 saturated carbocycles. The smallest absolute Gasteiger partial charge is 0.161 e. The summed E-state index contributed by atoms with van der Waals surface area (Å²) in [5, 5.41) is 6.53. The van der Waals surface area contributed by atoms with Gasteiger partial charge in [0.25, 0.3) is 0 Å².